The van der Waals surface area contributed by atoms with E-state index < -0.39 is 43.2 Å². The van der Waals surface area contributed by atoms with Gasteiger partial charge in [0.25, 0.3) is 0 Å². The van der Waals surface area contributed by atoms with Crippen molar-refractivity contribution in [1.29, 1.82) is 0 Å². The van der Waals surface area contributed by atoms with Crippen LogP contribution in [0.4, 0.5) is 30.9 Å². The van der Waals surface area contributed by atoms with Crippen LogP contribution in [0.1, 0.15) is 33.4 Å². The Morgan fingerprint density at radius 1 is 1.00 bits per heavy atom. The van der Waals surface area contributed by atoms with E-state index in [9.17, 15) is 36.1 Å². The highest BCUT2D eigenvalue weighted by molar-refractivity contribution is 7.11. The van der Waals surface area contributed by atoms with Gasteiger partial charge in [-0.05, 0) is 40.6 Å². The Morgan fingerprint density at radius 3 is 2.29 bits per heavy atom. The Labute approximate surface area is 198 Å². The molecule has 0 radical (unpaired) electrons. The fourth-order valence-corrected chi connectivity index (χ4v) is 4.24. The molecule has 190 valence electrons. The van der Waals surface area contributed by atoms with Crippen molar-refractivity contribution < 1.29 is 50.0 Å². The van der Waals surface area contributed by atoms with E-state index in [0.29, 0.717) is 25.7 Å². The van der Waals surface area contributed by atoms with Crippen molar-refractivity contribution in [3.63, 3.8) is 0 Å². The van der Waals surface area contributed by atoms with Gasteiger partial charge in [-0.25, -0.2) is 4.98 Å². The number of benzene rings is 1. The monoisotopic (exact) mass is 526 g/mol. The highest BCUT2D eigenvalue weighted by atomic mass is 32.1. The molecule has 0 spiro atoms. The molecule has 0 N–H and O–H groups in total. The van der Waals surface area contributed by atoms with E-state index in [4.69, 9.17) is 0 Å². The lowest BCUT2D eigenvalue weighted by atomic mass is 9.92. The number of nitrogens with zero attached hydrogens (tertiary/aromatic N) is 2. The molecule has 0 bridgehead atoms. The molecule has 3 aromatic rings. The zero-order valence-corrected chi connectivity index (χ0v) is 18.4. The number of thiazole rings is 1. The van der Waals surface area contributed by atoms with Crippen LogP contribution in [0.3, 0.4) is 0 Å². The van der Waals surface area contributed by atoms with Gasteiger partial charge in [0.05, 0.1) is 0 Å². The summed E-state index contributed by atoms with van der Waals surface area (Å²) < 4.78 is 98.4. The van der Waals surface area contributed by atoms with Crippen LogP contribution in [-0.2, 0) is 17.8 Å². The Balaban J connectivity index is 1.96. The second-order valence-electron chi connectivity index (χ2n) is 7.17. The standard InChI is InChI=1S/C21H17F7N2O4S/c22-19(23)32-16-2-1-13(10-17(16)33-20(24)25)15(9-12-4-7-30(31)8-5-12)18-29-11-14(35-18)3-6-21(26,27)34-28/h1-2,4-5,7-8,10-11,15,19-20H,3,6,9H2. The summed E-state index contributed by atoms with van der Waals surface area (Å²) in [6, 6.07) is 6.51. The SMILES string of the molecule is [O-][n+]1ccc(CC(c2ccc(OC(F)F)c(OC(F)F)c2)c2ncc(CCC(F)(F)OF)s2)cc1. The van der Waals surface area contributed by atoms with Crippen LogP contribution in [0.2, 0.25) is 0 Å². The van der Waals surface area contributed by atoms with E-state index >= 15 is 0 Å². The summed E-state index contributed by atoms with van der Waals surface area (Å²) in [6.45, 7) is -6.61. The van der Waals surface area contributed by atoms with Gasteiger partial charge >= 0.3 is 19.3 Å². The maximum atomic E-state index is 13.1. The quantitative estimate of drug-likeness (QED) is 0.170. The summed E-state index contributed by atoms with van der Waals surface area (Å²) in [5, 5.41) is 11.7. The normalized spacial score (nSPS) is 12.8. The third-order valence-electron chi connectivity index (χ3n) is 4.76. The van der Waals surface area contributed by atoms with Crippen molar-refractivity contribution in [2.45, 2.75) is 44.5 Å². The van der Waals surface area contributed by atoms with Gasteiger partial charge in [0, 0.05) is 35.5 Å². The molecule has 1 aromatic carbocycles. The third kappa shape index (κ3) is 7.68. The first-order chi connectivity index (χ1) is 16.6. The molecule has 35 heavy (non-hydrogen) atoms. The summed E-state index contributed by atoms with van der Waals surface area (Å²) in [4.78, 5) is 7.23. The highest BCUT2D eigenvalue weighted by Gasteiger charge is 2.31. The van der Waals surface area contributed by atoms with Crippen LogP contribution in [0.25, 0.3) is 0 Å². The van der Waals surface area contributed by atoms with Gasteiger partial charge in [-0.2, -0.15) is 31.1 Å². The van der Waals surface area contributed by atoms with E-state index in [1.54, 1.807) is 0 Å². The lowest BCUT2D eigenvalue weighted by Crippen LogP contribution is -2.24. The van der Waals surface area contributed by atoms with Gasteiger partial charge in [-0.1, -0.05) is 6.07 Å². The second-order valence-corrected chi connectivity index (χ2v) is 8.31. The maximum absolute atomic E-state index is 13.1. The number of aromatic nitrogens is 2. The zero-order chi connectivity index (χ0) is 25.6. The fourth-order valence-electron chi connectivity index (χ4n) is 3.19. The van der Waals surface area contributed by atoms with Crippen molar-refractivity contribution in [3.05, 3.63) is 75.1 Å². The zero-order valence-electron chi connectivity index (χ0n) is 17.6. The molecule has 1 unspecified atom stereocenters. The first-order valence-corrected chi connectivity index (χ1v) is 10.7. The number of rotatable bonds is 12. The number of ether oxygens (including phenoxy) is 2. The van der Waals surface area contributed by atoms with Crippen LogP contribution in [0, 0.1) is 5.21 Å². The smallest absolute Gasteiger partial charge is 0.387 e. The molecule has 0 fully saturated rings. The van der Waals surface area contributed by atoms with E-state index in [1.807, 2.05) is 0 Å². The van der Waals surface area contributed by atoms with E-state index in [0.717, 1.165) is 23.5 Å². The van der Waals surface area contributed by atoms with Crippen LogP contribution in [-0.4, -0.2) is 24.3 Å². The van der Waals surface area contributed by atoms with Gasteiger partial charge in [0.15, 0.2) is 23.9 Å². The Morgan fingerprint density at radius 2 is 1.66 bits per heavy atom. The Bertz CT molecular complexity index is 1100. The first kappa shape index (κ1) is 26.5. The molecule has 2 aromatic heterocycles. The molecule has 0 saturated carbocycles. The summed E-state index contributed by atoms with van der Waals surface area (Å²) in [5.41, 5.74) is 0.958. The molecular formula is C21H17F7N2O4S. The molecule has 3 rings (SSSR count). The minimum atomic E-state index is -3.97. The molecule has 6 nitrogen and oxygen atoms in total. The van der Waals surface area contributed by atoms with Crippen LogP contribution in [0.5, 0.6) is 11.5 Å². The summed E-state index contributed by atoms with van der Waals surface area (Å²) >= 11 is 1.01. The van der Waals surface area contributed by atoms with Crippen LogP contribution >= 0.6 is 11.3 Å². The van der Waals surface area contributed by atoms with E-state index in [1.165, 1.54) is 36.8 Å². The van der Waals surface area contributed by atoms with Crippen molar-refractivity contribution in [1.82, 2.24) is 4.98 Å². The van der Waals surface area contributed by atoms with E-state index in [-0.39, 0.29) is 12.8 Å². The number of hydrogen-bond donors (Lipinski definition) is 0. The minimum Gasteiger partial charge on any atom is -0.619 e. The molecule has 2 heterocycles. The lowest BCUT2D eigenvalue weighted by molar-refractivity contribution is -0.605. The average molecular weight is 526 g/mol. The summed E-state index contributed by atoms with van der Waals surface area (Å²) in [5.74, 6) is -1.91. The van der Waals surface area contributed by atoms with E-state index in [2.05, 4.69) is 19.4 Å². The number of alkyl halides is 6. The topological polar surface area (TPSA) is 67.5 Å². The number of halogens is 7. The third-order valence-corrected chi connectivity index (χ3v) is 5.93. The molecule has 0 amide bonds. The first-order valence-electron chi connectivity index (χ1n) is 9.89. The highest BCUT2D eigenvalue weighted by Crippen LogP contribution is 2.38. The largest absolute Gasteiger partial charge is 0.619 e. The number of pyridine rings is 1. The van der Waals surface area contributed by atoms with Crippen LogP contribution < -0.4 is 14.2 Å². The van der Waals surface area contributed by atoms with Crippen molar-refractivity contribution in [2.24, 2.45) is 0 Å². The fraction of sp³-hybridized carbons (Fsp3) is 0.333. The Hall–Kier alpha value is -3.13. The van der Waals surface area contributed by atoms with Gasteiger partial charge < -0.3 is 14.7 Å². The molecule has 0 aliphatic heterocycles. The van der Waals surface area contributed by atoms with Gasteiger partial charge in [0.2, 0.25) is 0 Å². The number of aryl methyl sites for hydroxylation is 1. The predicted molar refractivity (Wildman–Crippen MR) is 108 cm³/mol. The average Bonchev–Trinajstić information content (AvgIpc) is 3.27. The second kappa shape index (κ2) is 11.5. The maximum Gasteiger partial charge on any atom is 0.387 e. The van der Waals surface area contributed by atoms with Crippen molar-refractivity contribution >= 4 is 11.3 Å². The molecule has 0 aliphatic carbocycles. The van der Waals surface area contributed by atoms with Gasteiger partial charge in [-0.3, -0.25) is 0 Å². The van der Waals surface area contributed by atoms with Gasteiger partial charge in [0.1, 0.15) is 5.01 Å². The molecule has 0 aliphatic rings. The molecule has 0 saturated heterocycles. The molecule has 1 atom stereocenters. The minimum absolute atomic E-state index is 0.181. The van der Waals surface area contributed by atoms with Gasteiger partial charge in [-0.15, -0.1) is 16.3 Å². The lowest BCUT2D eigenvalue weighted by Gasteiger charge is -2.18. The predicted octanol–water partition coefficient (Wildman–Crippen LogP) is 5.78. The van der Waals surface area contributed by atoms with Crippen LogP contribution in [0.15, 0.2) is 48.9 Å². The Kier molecular flexibility index (Phi) is 8.72. The summed E-state index contributed by atoms with van der Waals surface area (Å²) in [7, 11) is 0. The molecular weight excluding hydrogens is 509 g/mol. The summed E-state index contributed by atoms with van der Waals surface area (Å²) in [6.07, 6.45) is -1.20. The van der Waals surface area contributed by atoms with Crippen molar-refractivity contribution in [2.75, 3.05) is 0 Å². The van der Waals surface area contributed by atoms with Crippen molar-refractivity contribution in [3.8, 4) is 11.5 Å². The molecule has 14 heteroatoms. The number of hydrogen-bond acceptors (Lipinski definition) is 6.